The molecule has 0 atom stereocenters. The summed E-state index contributed by atoms with van der Waals surface area (Å²) >= 11 is 0. The number of carbonyl (C=O) groups is 1. The number of hydrogen-bond donors (Lipinski definition) is 1. The van der Waals surface area contributed by atoms with Crippen LogP contribution in [0, 0.1) is 12.7 Å². The average molecular weight is 266 g/mol. The molecule has 1 aromatic carbocycles. The maximum Gasteiger partial charge on any atom is 0.314 e. The van der Waals surface area contributed by atoms with Gasteiger partial charge in [0.15, 0.2) is 0 Å². The Morgan fingerprint density at radius 3 is 2.47 bits per heavy atom. The number of ether oxygens (including phenoxy) is 1. The van der Waals surface area contributed by atoms with E-state index in [2.05, 4.69) is 0 Å². The molecule has 1 N–H and O–H groups in total. The van der Waals surface area contributed by atoms with Gasteiger partial charge in [0.05, 0.1) is 12.5 Å². The van der Waals surface area contributed by atoms with Crippen LogP contribution in [0.25, 0.3) is 0 Å². The Balaban J connectivity index is 2.59. The number of hydrogen-bond acceptors (Lipinski definition) is 2. The minimum Gasteiger partial charge on any atom is -0.496 e. The van der Waals surface area contributed by atoms with Crippen LogP contribution < -0.4 is 4.74 Å². The molecule has 1 saturated carbocycles. The summed E-state index contributed by atoms with van der Waals surface area (Å²) < 4.78 is 18.9. The number of methoxy groups -OCH3 is 1. The van der Waals surface area contributed by atoms with E-state index in [1.165, 1.54) is 19.2 Å². The predicted octanol–water partition coefficient (Wildman–Crippen LogP) is 3.43. The van der Waals surface area contributed by atoms with Crippen LogP contribution in [0.5, 0.6) is 5.75 Å². The van der Waals surface area contributed by atoms with Gasteiger partial charge >= 0.3 is 5.97 Å². The zero-order valence-electron chi connectivity index (χ0n) is 11.3. The molecule has 0 radical (unpaired) electrons. The highest BCUT2D eigenvalue weighted by molar-refractivity contribution is 5.82. The van der Waals surface area contributed by atoms with E-state index in [-0.39, 0.29) is 0 Å². The van der Waals surface area contributed by atoms with Gasteiger partial charge in [0.2, 0.25) is 0 Å². The van der Waals surface area contributed by atoms with Gasteiger partial charge in [-0.3, -0.25) is 4.79 Å². The zero-order valence-corrected chi connectivity index (χ0v) is 11.3. The Labute approximate surface area is 112 Å². The molecule has 0 spiro atoms. The minimum absolute atomic E-state index is 0.418. The summed E-state index contributed by atoms with van der Waals surface area (Å²) in [6, 6.07) is 2.66. The van der Waals surface area contributed by atoms with Gasteiger partial charge in [-0.05, 0) is 37.0 Å². The highest BCUT2D eigenvalue weighted by atomic mass is 19.1. The Kier molecular flexibility index (Phi) is 3.78. The number of rotatable bonds is 3. The van der Waals surface area contributed by atoms with Crippen molar-refractivity contribution in [3.63, 3.8) is 0 Å². The van der Waals surface area contributed by atoms with Crippen molar-refractivity contribution in [2.24, 2.45) is 0 Å². The van der Waals surface area contributed by atoms with Gasteiger partial charge in [0.25, 0.3) is 0 Å². The molecule has 0 bridgehead atoms. The first-order valence-electron chi connectivity index (χ1n) is 6.59. The first-order chi connectivity index (χ1) is 9.01. The van der Waals surface area contributed by atoms with E-state index in [4.69, 9.17) is 4.74 Å². The van der Waals surface area contributed by atoms with Gasteiger partial charge in [-0.1, -0.05) is 19.3 Å². The second-order valence-corrected chi connectivity index (χ2v) is 5.23. The van der Waals surface area contributed by atoms with Crippen molar-refractivity contribution in [2.45, 2.75) is 44.4 Å². The minimum atomic E-state index is -0.961. The molecular weight excluding hydrogens is 247 g/mol. The van der Waals surface area contributed by atoms with Crippen LogP contribution in [0.2, 0.25) is 0 Å². The number of benzene rings is 1. The van der Waals surface area contributed by atoms with Gasteiger partial charge in [0, 0.05) is 6.07 Å². The van der Waals surface area contributed by atoms with Crippen LogP contribution in [0.3, 0.4) is 0 Å². The van der Waals surface area contributed by atoms with E-state index < -0.39 is 17.2 Å². The Hall–Kier alpha value is -1.58. The molecule has 2 rings (SSSR count). The van der Waals surface area contributed by atoms with Crippen molar-refractivity contribution in [3.05, 3.63) is 29.1 Å². The molecule has 3 nitrogen and oxygen atoms in total. The maximum atomic E-state index is 13.7. The van der Waals surface area contributed by atoms with Gasteiger partial charge in [-0.25, -0.2) is 4.39 Å². The molecule has 4 heteroatoms. The highest BCUT2D eigenvalue weighted by Gasteiger charge is 2.43. The molecule has 1 fully saturated rings. The van der Waals surface area contributed by atoms with E-state index >= 15 is 0 Å². The third kappa shape index (κ3) is 2.31. The Bertz CT molecular complexity index is 490. The fourth-order valence-electron chi connectivity index (χ4n) is 3.12. The molecule has 0 saturated heterocycles. The van der Waals surface area contributed by atoms with Crippen LogP contribution in [-0.4, -0.2) is 18.2 Å². The van der Waals surface area contributed by atoms with E-state index in [0.717, 1.165) is 24.8 Å². The third-order valence-electron chi connectivity index (χ3n) is 4.18. The summed E-state index contributed by atoms with van der Waals surface area (Å²) in [6.07, 6.45) is 3.90. The highest BCUT2D eigenvalue weighted by Crippen LogP contribution is 2.43. The predicted molar refractivity (Wildman–Crippen MR) is 70.1 cm³/mol. The molecule has 1 aliphatic carbocycles. The fraction of sp³-hybridized carbons (Fsp3) is 0.533. The lowest BCUT2D eigenvalue weighted by atomic mass is 9.68. The molecule has 0 aliphatic heterocycles. The van der Waals surface area contributed by atoms with Gasteiger partial charge in [0.1, 0.15) is 11.6 Å². The SMILES string of the molecule is COc1cc(F)cc(C2(C(=O)O)CCCCC2)c1C. The van der Waals surface area contributed by atoms with Crippen molar-refractivity contribution < 1.29 is 19.0 Å². The molecule has 0 heterocycles. The van der Waals surface area contributed by atoms with Gasteiger partial charge in [-0.15, -0.1) is 0 Å². The molecule has 19 heavy (non-hydrogen) atoms. The second-order valence-electron chi connectivity index (χ2n) is 5.23. The molecule has 1 aromatic rings. The van der Waals surface area contributed by atoms with Crippen LogP contribution in [0.1, 0.15) is 43.2 Å². The largest absolute Gasteiger partial charge is 0.496 e. The summed E-state index contributed by atoms with van der Waals surface area (Å²) in [5.74, 6) is -0.882. The summed E-state index contributed by atoms with van der Waals surface area (Å²) in [5, 5.41) is 9.66. The summed E-state index contributed by atoms with van der Waals surface area (Å²) in [6.45, 7) is 1.80. The van der Waals surface area contributed by atoms with E-state index in [0.29, 0.717) is 24.2 Å². The molecule has 0 unspecified atom stereocenters. The van der Waals surface area contributed by atoms with Crippen molar-refractivity contribution in [1.29, 1.82) is 0 Å². The molecular formula is C15H19FO3. The van der Waals surface area contributed by atoms with Crippen molar-refractivity contribution in [3.8, 4) is 5.75 Å². The average Bonchev–Trinajstić information content (AvgIpc) is 2.41. The monoisotopic (exact) mass is 266 g/mol. The summed E-state index contributed by atoms with van der Waals surface area (Å²) in [7, 11) is 1.47. The lowest BCUT2D eigenvalue weighted by molar-refractivity contribution is -0.145. The van der Waals surface area contributed by atoms with E-state index in [9.17, 15) is 14.3 Å². The first kappa shape index (κ1) is 13.8. The van der Waals surface area contributed by atoms with Crippen LogP contribution >= 0.6 is 0 Å². The standard InChI is InChI=1S/C15H19FO3/c1-10-12(8-11(16)9-13(10)19-2)15(14(17)18)6-4-3-5-7-15/h8-9H,3-7H2,1-2H3,(H,17,18). The zero-order chi connectivity index (χ0) is 14.0. The summed E-state index contributed by atoms with van der Waals surface area (Å²) in [4.78, 5) is 11.8. The number of halogens is 1. The third-order valence-corrected chi connectivity index (χ3v) is 4.18. The lowest BCUT2D eigenvalue weighted by Gasteiger charge is -2.35. The first-order valence-corrected chi connectivity index (χ1v) is 6.59. The van der Waals surface area contributed by atoms with E-state index in [1.807, 2.05) is 0 Å². The molecule has 104 valence electrons. The number of carboxylic acid groups (broad SMARTS) is 1. The van der Waals surface area contributed by atoms with E-state index in [1.54, 1.807) is 6.92 Å². The molecule has 0 amide bonds. The van der Waals surface area contributed by atoms with Gasteiger partial charge < -0.3 is 9.84 Å². The van der Waals surface area contributed by atoms with Crippen LogP contribution in [-0.2, 0) is 10.2 Å². The number of aliphatic carboxylic acids is 1. The van der Waals surface area contributed by atoms with Crippen molar-refractivity contribution in [2.75, 3.05) is 7.11 Å². The smallest absolute Gasteiger partial charge is 0.314 e. The normalized spacial score (nSPS) is 18.1. The van der Waals surface area contributed by atoms with Crippen LogP contribution in [0.15, 0.2) is 12.1 Å². The second kappa shape index (κ2) is 5.19. The lowest BCUT2D eigenvalue weighted by Crippen LogP contribution is -2.38. The maximum absolute atomic E-state index is 13.7. The fourth-order valence-corrected chi connectivity index (χ4v) is 3.12. The quantitative estimate of drug-likeness (QED) is 0.911. The van der Waals surface area contributed by atoms with Crippen molar-refractivity contribution >= 4 is 5.97 Å². The summed E-state index contributed by atoms with van der Waals surface area (Å²) in [5.41, 5.74) is 0.335. The van der Waals surface area contributed by atoms with Crippen LogP contribution in [0.4, 0.5) is 4.39 Å². The van der Waals surface area contributed by atoms with Crippen molar-refractivity contribution in [1.82, 2.24) is 0 Å². The Morgan fingerprint density at radius 1 is 1.32 bits per heavy atom. The number of carboxylic acids is 1. The Morgan fingerprint density at radius 2 is 1.95 bits per heavy atom. The topological polar surface area (TPSA) is 46.5 Å². The molecule has 0 aromatic heterocycles. The molecule has 1 aliphatic rings. The van der Waals surface area contributed by atoms with Gasteiger partial charge in [-0.2, -0.15) is 0 Å².